The van der Waals surface area contributed by atoms with Crippen molar-refractivity contribution in [3.05, 3.63) is 71.8 Å². The van der Waals surface area contributed by atoms with Crippen molar-refractivity contribution in [3.8, 4) is 0 Å². The van der Waals surface area contributed by atoms with E-state index in [1.165, 1.54) is 16.4 Å². The average molecular weight is 275 g/mol. The molecule has 0 unspecified atom stereocenters. The van der Waals surface area contributed by atoms with E-state index in [1.54, 1.807) is 0 Å². The Bertz CT molecular complexity index is 408. The van der Waals surface area contributed by atoms with Gasteiger partial charge in [0, 0.05) is 0 Å². The Labute approximate surface area is 104 Å². The predicted molar refractivity (Wildman–Crippen MR) is 70.8 cm³/mol. The van der Waals surface area contributed by atoms with E-state index >= 15 is 0 Å². The normalized spacial score (nSPS) is 12.3. The van der Waals surface area contributed by atoms with Gasteiger partial charge in [0.1, 0.15) is 0 Å². The van der Waals surface area contributed by atoms with Crippen LogP contribution in [0.4, 0.5) is 0 Å². The Morgan fingerprint density at radius 2 is 1.44 bits per heavy atom. The molecule has 1 atom stereocenters. The van der Waals surface area contributed by atoms with Crippen molar-refractivity contribution in [2.75, 3.05) is 0 Å². The van der Waals surface area contributed by atoms with E-state index in [9.17, 15) is 0 Å². The summed E-state index contributed by atoms with van der Waals surface area (Å²) in [5, 5.41) is 1.23. The van der Waals surface area contributed by atoms with Crippen LogP contribution < -0.4 is 0 Å². The van der Waals surface area contributed by atoms with Crippen molar-refractivity contribution in [3.63, 3.8) is 0 Å². The molecular weight excluding hydrogens is 259 g/mol. The molecule has 0 aliphatic rings. The molecule has 0 nitrogen and oxygen atoms in total. The van der Waals surface area contributed by atoms with Gasteiger partial charge in [0.15, 0.2) is 0 Å². The van der Waals surface area contributed by atoms with E-state index in [-0.39, 0.29) is 0 Å². The van der Waals surface area contributed by atoms with Crippen molar-refractivity contribution in [2.24, 2.45) is 0 Å². The van der Waals surface area contributed by atoms with Gasteiger partial charge in [-0.15, -0.1) is 0 Å². The third-order valence-electron chi connectivity index (χ3n) is 2.61. The summed E-state index contributed by atoms with van der Waals surface area (Å²) < 4.78 is 0. The van der Waals surface area contributed by atoms with Crippen LogP contribution in [0.25, 0.3) is 0 Å². The molecule has 2 rings (SSSR count). The summed E-state index contributed by atoms with van der Waals surface area (Å²) in [7, 11) is 0. The van der Waals surface area contributed by atoms with Gasteiger partial charge < -0.3 is 0 Å². The van der Waals surface area contributed by atoms with Crippen LogP contribution in [0.5, 0.6) is 0 Å². The minimum atomic E-state index is 0.642. The first-order valence-electron chi connectivity index (χ1n) is 5.57. The van der Waals surface area contributed by atoms with Crippen LogP contribution in [0.2, 0.25) is 0 Å². The Kier molecular flexibility index (Phi) is 4.21. The summed E-state index contributed by atoms with van der Waals surface area (Å²) in [6.45, 7) is 2.33. The first kappa shape index (κ1) is 11.4. The van der Waals surface area contributed by atoms with E-state index in [0.29, 0.717) is 19.8 Å². The molecule has 2 aromatic carbocycles. The summed E-state index contributed by atoms with van der Waals surface area (Å²) in [6.07, 6.45) is 0. The van der Waals surface area contributed by atoms with Crippen LogP contribution in [0.1, 0.15) is 22.9 Å². The molecule has 1 heteroatoms. The van der Waals surface area contributed by atoms with Gasteiger partial charge in [-0.05, 0) is 0 Å². The predicted octanol–water partition coefficient (Wildman–Crippen LogP) is 3.65. The van der Waals surface area contributed by atoms with E-state index < -0.39 is 0 Å². The Morgan fingerprint density at radius 1 is 0.875 bits per heavy atom. The molecule has 0 amide bonds. The third kappa shape index (κ3) is 3.23. The quantitative estimate of drug-likeness (QED) is 0.747. The van der Waals surface area contributed by atoms with Crippen molar-refractivity contribution in [2.45, 2.75) is 17.1 Å². The molecule has 0 aliphatic carbocycles. The van der Waals surface area contributed by atoms with Crippen molar-refractivity contribution >= 4 is 15.0 Å². The first-order valence-corrected chi connectivity index (χ1v) is 7.77. The van der Waals surface area contributed by atoms with Crippen molar-refractivity contribution in [1.29, 1.82) is 0 Å². The second kappa shape index (κ2) is 5.88. The fraction of sp³-hybridized carbons (Fsp3) is 0.200. The first-order chi connectivity index (χ1) is 7.86. The molecule has 0 saturated carbocycles. The maximum atomic E-state index is 2.33. The molecule has 2 aromatic rings. The molecule has 0 fully saturated rings. The van der Waals surface area contributed by atoms with Crippen molar-refractivity contribution < 1.29 is 0 Å². The summed E-state index contributed by atoms with van der Waals surface area (Å²) >= 11 is 0.642. The Balaban J connectivity index is 1.92. The topological polar surface area (TPSA) is 0 Å². The Morgan fingerprint density at radius 3 is 2.06 bits per heavy atom. The fourth-order valence-corrected chi connectivity index (χ4v) is 3.68. The van der Waals surface area contributed by atoms with Crippen LogP contribution in [0.3, 0.4) is 0 Å². The van der Waals surface area contributed by atoms with Crippen LogP contribution in [0.15, 0.2) is 60.7 Å². The van der Waals surface area contributed by atoms with Gasteiger partial charge in [-0.25, -0.2) is 0 Å². The summed E-state index contributed by atoms with van der Waals surface area (Å²) in [4.78, 5) is 0.703. The molecule has 0 aromatic heterocycles. The second-order valence-electron chi connectivity index (χ2n) is 3.85. The minimum absolute atomic E-state index is 0.642. The van der Waals surface area contributed by atoms with Gasteiger partial charge in [-0.3, -0.25) is 0 Å². The van der Waals surface area contributed by atoms with Crippen molar-refractivity contribution in [1.82, 2.24) is 0 Å². The molecule has 0 heterocycles. The summed E-state index contributed by atoms with van der Waals surface area (Å²) in [6, 6.07) is 21.6. The standard InChI is InChI=1S/C15H16Se/c1-13(15-10-6-3-7-11-15)16-12-14-8-4-2-5-9-14/h2-11,13H,12H2,1H3/t13-/m1/s1. The molecule has 16 heavy (non-hydrogen) atoms. The Hall–Kier alpha value is -1.04. The number of hydrogen-bond acceptors (Lipinski definition) is 0. The second-order valence-corrected chi connectivity index (χ2v) is 6.64. The maximum absolute atomic E-state index is 2.33. The zero-order valence-electron chi connectivity index (χ0n) is 9.47. The van der Waals surface area contributed by atoms with Gasteiger partial charge in [0.25, 0.3) is 0 Å². The van der Waals surface area contributed by atoms with Gasteiger partial charge >= 0.3 is 104 Å². The van der Waals surface area contributed by atoms with E-state index in [0.717, 1.165) is 0 Å². The molecule has 0 N–H and O–H groups in total. The van der Waals surface area contributed by atoms with Gasteiger partial charge in [-0.1, -0.05) is 0 Å². The molecule has 82 valence electrons. The SMILES string of the molecule is C[C@@H]([Se]Cc1ccccc1)c1ccccc1. The van der Waals surface area contributed by atoms with Gasteiger partial charge in [0.2, 0.25) is 0 Å². The number of benzene rings is 2. The third-order valence-corrected chi connectivity index (χ3v) is 5.28. The zero-order valence-corrected chi connectivity index (χ0v) is 11.2. The van der Waals surface area contributed by atoms with Crippen LogP contribution >= 0.6 is 0 Å². The van der Waals surface area contributed by atoms with Crippen LogP contribution in [-0.2, 0) is 5.32 Å². The van der Waals surface area contributed by atoms with Crippen LogP contribution in [0, 0.1) is 0 Å². The summed E-state index contributed by atoms with van der Waals surface area (Å²) in [5.74, 6) is 0. The van der Waals surface area contributed by atoms with E-state index in [1.807, 2.05) is 0 Å². The van der Waals surface area contributed by atoms with Crippen LogP contribution in [-0.4, -0.2) is 15.0 Å². The molecule has 0 bridgehead atoms. The molecule has 0 saturated heterocycles. The monoisotopic (exact) mass is 276 g/mol. The van der Waals surface area contributed by atoms with Gasteiger partial charge in [-0.2, -0.15) is 0 Å². The van der Waals surface area contributed by atoms with E-state index in [2.05, 4.69) is 67.6 Å². The average Bonchev–Trinajstić information content (AvgIpc) is 2.38. The summed E-state index contributed by atoms with van der Waals surface area (Å²) in [5.41, 5.74) is 2.93. The number of rotatable bonds is 4. The van der Waals surface area contributed by atoms with Gasteiger partial charge in [0.05, 0.1) is 0 Å². The number of hydrogen-bond donors (Lipinski definition) is 0. The zero-order chi connectivity index (χ0) is 11.2. The fourth-order valence-electron chi connectivity index (χ4n) is 1.62. The van der Waals surface area contributed by atoms with E-state index in [4.69, 9.17) is 0 Å². The molecule has 0 spiro atoms. The molecule has 0 aliphatic heterocycles. The molecular formula is C15H16Se. The molecule has 0 radical (unpaired) electrons.